The highest BCUT2D eigenvalue weighted by Gasteiger charge is 2.66. The van der Waals surface area contributed by atoms with Crippen molar-refractivity contribution in [1.82, 2.24) is 20.2 Å². The van der Waals surface area contributed by atoms with Gasteiger partial charge in [0.2, 0.25) is 5.95 Å². The topological polar surface area (TPSA) is 106 Å². The van der Waals surface area contributed by atoms with Gasteiger partial charge in [0.1, 0.15) is 11.6 Å². The molecule has 11 heteroatoms. The lowest BCUT2D eigenvalue weighted by atomic mass is 9.63. The van der Waals surface area contributed by atoms with Gasteiger partial charge in [-0.15, -0.1) is 0 Å². The van der Waals surface area contributed by atoms with Crippen molar-refractivity contribution in [3.63, 3.8) is 0 Å². The number of fused-ring (bicyclic) bond motifs is 5. The first-order chi connectivity index (χ1) is 16.7. The van der Waals surface area contributed by atoms with Crippen LogP contribution in [-0.4, -0.2) is 51.6 Å². The van der Waals surface area contributed by atoms with Crippen molar-refractivity contribution in [3.05, 3.63) is 50.3 Å². The van der Waals surface area contributed by atoms with E-state index in [9.17, 15) is 0 Å². The van der Waals surface area contributed by atoms with Crippen LogP contribution < -0.4 is 25.9 Å². The quantitative estimate of drug-likeness (QED) is 0.311. The Balaban J connectivity index is 1.35. The average molecular weight is 584 g/mol. The van der Waals surface area contributed by atoms with E-state index in [4.69, 9.17) is 19.0 Å². The molecule has 4 heterocycles. The fourth-order valence-electron chi connectivity index (χ4n) is 5.31. The van der Waals surface area contributed by atoms with Crippen molar-refractivity contribution >= 4 is 58.7 Å². The Bertz CT molecular complexity index is 1460. The molecule has 1 aliphatic carbocycles. The van der Waals surface area contributed by atoms with Crippen LogP contribution in [0.15, 0.2) is 30.5 Å². The highest BCUT2D eigenvalue weighted by molar-refractivity contribution is 14.1. The van der Waals surface area contributed by atoms with Crippen LogP contribution in [0.1, 0.15) is 26.5 Å². The summed E-state index contributed by atoms with van der Waals surface area (Å²) in [6.07, 6.45) is 4.08. The molecule has 3 N–H and O–H groups in total. The first-order valence-corrected chi connectivity index (χ1v) is 12.6. The second-order valence-electron chi connectivity index (χ2n) is 9.84. The molecule has 3 aromatic rings. The minimum Gasteiger partial charge on any atom is -0.496 e. The van der Waals surface area contributed by atoms with E-state index in [-0.39, 0.29) is 12.0 Å². The third-order valence-electron chi connectivity index (χ3n) is 7.41. The Morgan fingerprint density at radius 2 is 2.00 bits per heavy atom. The van der Waals surface area contributed by atoms with Crippen LogP contribution in [0, 0.1) is 16.4 Å². The summed E-state index contributed by atoms with van der Waals surface area (Å²) in [6.45, 7) is 8.25. The minimum atomic E-state index is -0.586. The van der Waals surface area contributed by atoms with Crippen LogP contribution in [0.5, 0.6) is 5.75 Å². The summed E-state index contributed by atoms with van der Waals surface area (Å²) in [4.78, 5) is 9.40. The molecule has 0 radical (unpaired) electrons. The lowest BCUT2D eigenvalue weighted by Gasteiger charge is -2.47. The molecule has 6 rings (SSSR count). The standard InChI is InChI=1S/C24H26BIN6O3/c1-12-8-19(31-22(28-12)29-13-6-7-18(33-5)16(26)9-13)30-21-14-10-17-15(11-27-32-17)20(14)25-34-23(2,3)24(21,4)35-25/h6-11,14,21,32H,1-5H3,(H2,28,29,30,31). The number of aryl methyl sites for hydroxylation is 1. The average Bonchev–Trinajstić information content (AvgIpc) is 3.42. The predicted octanol–water partition coefficient (Wildman–Crippen LogP) is 2.53. The van der Waals surface area contributed by atoms with Gasteiger partial charge in [0.05, 0.1) is 39.5 Å². The van der Waals surface area contributed by atoms with Gasteiger partial charge in [-0.2, -0.15) is 10.1 Å². The van der Waals surface area contributed by atoms with Crippen molar-refractivity contribution in [3.8, 4) is 5.75 Å². The van der Waals surface area contributed by atoms with Crippen LogP contribution >= 0.6 is 22.6 Å². The number of aromatic amines is 1. The monoisotopic (exact) mass is 584 g/mol. The summed E-state index contributed by atoms with van der Waals surface area (Å²) in [5.74, 6) is 2.15. The predicted molar refractivity (Wildman–Crippen MR) is 143 cm³/mol. The summed E-state index contributed by atoms with van der Waals surface area (Å²) in [6, 6.07) is 7.72. The Morgan fingerprint density at radius 3 is 2.77 bits per heavy atom. The number of ether oxygens (including phenoxy) is 1. The van der Waals surface area contributed by atoms with E-state index in [1.54, 1.807) is 7.11 Å². The number of anilines is 3. The molecule has 0 spiro atoms. The molecule has 3 aliphatic rings. The van der Waals surface area contributed by atoms with Crippen molar-refractivity contribution in [2.45, 2.75) is 44.9 Å². The van der Waals surface area contributed by atoms with Crippen molar-refractivity contribution in [2.24, 2.45) is 5.92 Å². The minimum absolute atomic E-state index is 0.0830. The molecule has 35 heavy (non-hydrogen) atoms. The second-order valence-corrected chi connectivity index (χ2v) is 11.0. The number of methoxy groups -OCH3 is 1. The molecule has 2 aromatic heterocycles. The van der Waals surface area contributed by atoms with Crippen LogP contribution in [0.25, 0.3) is 11.5 Å². The SMILES string of the molecule is COc1ccc(Nc2nc(C)cc(NC3C4C=c5[nH]ncc5=C4B4OC(C)(C)C3(C)O4)n2)cc1I. The second kappa shape index (κ2) is 7.94. The van der Waals surface area contributed by atoms with E-state index in [2.05, 4.69) is 75.3 Å². The van der Waals surface area contributed by atoms with Gasteiger partial charge >= 0.3 is 7.12 Å². The number of halogens is 1. The first-order valence-electron chi connectivity index (χ1n) is 11.5. The van der Waals surface area contributed by atoms with E-state index in [0.717, 1.165) is 42.6 Å². The highest BCUT2D eigenvalue weighted by Crippen LogP contribution is 2.51. The van der Waals surface area contributed by atoms with E-state index >= 15 is 0 Å². The van der Waals surface area contributed by atoms with Gasteiger partial charge in [0, 0.05) is 28.6 Å². The third-order valence-corrected chi connectivity index (χ3v) is 8.25. The summed E-state index contributed by atoms with van der Waals surface area (Å²) in [5.41, 5.74) is 1.75. The zero-order valence-corrected chi connectivity index (χ0v) is 22.3. The molecule has 2 bridgehead atoms. The van der Waals surface area contributed by atoms with Gasteiger partial charge in [-0.1, -0.05) is 0 Å². The molecule has 0 amide bonds. The molecule has 3 atom stereocenters. The largest absolute Gasteiger partial charge is 0.496 e. The summed E-state index contributed by atoms with van der Waals surface area (Å²) in [7, 11) is 1.27. The maximum Gasteiger partial charge on any atom is 0.492 e. The molecule has 2 fully saturated rings. The number of benzene rings is 1. The third kappa shape index (κ3) is 3.54. The van der Waals surface area contributed by atoms with Gasteiger partial charge in [0.25, 0.3) is 0 Å². The van der Waals surface area contributed by atoms with E-state index in [1.165, 1.54) is 0 Å². The zero-order chi connectivity index (χ0) is 24.5. The zero-order valence-electron chi connectivity index (χ0n) is 20.1. The van der Waals surface area contributed by atoms with Crippen LogP contribution in [0.3, 0.4) is 0 Å². The van der Waals surface area contributed by atoms with Gasteiger partial charge in [-0.3, -0.25) is 5.10 Å². The fourth-order valence-corrected chi connectivity index (χ4v) is 6.05. The first kappa shape index (κ1) is 22.8. The van der Waals surface area contributed by atoms with Crippen molar-refractivity contribution in [2.75, 3.05) is 17.7 Å². The smallest absolute Gasteiger partial charge is 0.492 e. The molecule has 2 aliphatic heterocycles. The van der Waals surface area contributed by atoms with E-state index < -0.39 is 18.3 Å². The van der Waals surface area contributed by atoms with Gasteiger partial charge in [-0.05, 0) is 80.0 Å². The van der Waals surface area contributed by atoms with Crippen molar-refractivity contribution in [1.29, 1.82) is 0 Å². The van der Waals surface area contributed by atoms with Crippen LogP contribution in [-0.2, 0) is 9.31 Å². The Kier molecular flexibility index (Phi) is 5.17. The molecule has 2 saturated heterocycles. The number of rotatable bonds is 5. The lowest BCUT2D eigenvalue weighted by molar-refractivity contribution is -0.0275. The number of H-pyrrole nitrogens is 1. The van der Waals surface area contributed by atoms with Crippen LogP contribution in [0.4, 0.5) is 17.5 Å². The molecular weight excluding hydrogens is 558 g/mol. The number of hydrogen-bond donors (Lipinski definition) is 3. The lowest BCUT2D eigenvalue weighted by Crippen LogP contribution is -2.61. The maximum atomic E-state index is 6.56. The van der Waals surface area contributed by atoms with Gasteiger partial charge in [0.15, 0.2) is 0 Å². The van der Waals surface area contributed by atoms with Crippen molar-refractivity contribution < 1.29 is 14.0 Å². The van der Waals surface area contributed by atoms with E-state index in [1.807, 2.05) is 37.4 Å². The Labute approximate surface area is 217 Å². The number of aromatic nitrogens is 4. The number of nitrogens with zero attached hydrogens (tertiary/aromatic N) is 3. The fraction of sp³-hybridized carbons (Fsp3) is 0.375. The highest BCUT2D eigenvalue weighted by atomic mass is 127. The molecule has 3 unspecified atom stereocenters. The Hall–Kier alpha value is -2.64. The molecule has 1 aromatic carbocycles. The summed E-state index contributed by atoms with van der Waals surface area (Å²) >= 11 is 2.25. The van der Waals surface area contributed by atoms with E-state index in [0.29, 0.717) is 5.95 Å². The van der Waals surface area contributed by atoms with Crippen LogP contribution in [0.2, 0.25) is 0 Å². The summed E-state index contributed by atoms with van der Waals surface area (Å²) in [5, 5.41) is 16.4. The Morgan fingerprint density at radius 1 is 1.17 bits per heavy atom. The number of hydrogen-bond acceptors (Lipinski definition) is 8. The normalized spacial score (nSPS) is 25.7. The van der Waals surface area contributed by atoms with Gasteiger partial charge in [-0.25, -0.2) is 4.98 Å². The maximum absolute atomic E-state index is 6.56. The molecule has 0 saturated carbocycles. The number of nitrogens with one attached hydrogen (secondary N) is 3. The molecule has 9 nitrogen and oxygen atoms in total. The molecular formula is C24H26BIN6O3. The summed E-state index contributed by atoms with van der Waals surface area (Å²) < 4.78 is 19.4. The van der Waals surface area contributed by atoms with Gasteiger partial charge < -0.3 is 24.7 Å². The molecule has 180 valence electrons.